The molecule has 0 radical (unpaired) electrons. The molecule has 1 aliphatic heterocycles. The van der Waals surface area contributed by atoms with Crippen molar-refractivity contribution in [1.29, 1.82) is 0 Å². The van der Waals surface area contributed by atoms with E-state index in [-0.39, 0.29) is 5.91 Å². The van der Waals surface area contributed by atoms with E-state index >= 15 is 0 Å². The molecule has 1 aliphatic rings. The first-order valence-electron chi connectivity index (χ1n) is 9.64. The van der Waals surface area contributed by atoms with Gasteiger partial charge in [-0.3, -0.25) is 4.79 Å². The number of carbonyl (C=O) groups excluding carboxylic acids is 1. The molecule has 144 valence electrons. The highest BCUT2D eigenvalue weighted by Gasteiger charge is 2.28. The van der Waals surface area contributed by atoms with Crippen LogP contribution in [0.2, 0.25) is 0 Å². The predicted octanol–water partition coefficient (Wildman–Crippen LogP) is 3.18. The highest BCUT2D eigenvalue weighted by atomic mass is 16.2. The van der Waals surface area contributed by atoms with Gasteiger partial charge in [0.25, 0.3) is 0 Å². The third kappa shape index (κ3) is 3.10. The molecule has 5 rings (SSSR count). The van der Waals surface area contributed by atoms with E-state index in [0.717, 1.165) is 17.7 Å². The van der Waals surface area contributed by atoms with Gasteiger partial charge in [-0.2, -0.15) is 4.52 Å². The van der Waals surface area contributed by atoms with E-state index in [1.165, 1.54) is 5.56 Å². The lowest BCUT2D eigenvalue weighted by atomic mass is 10.2. The van der Waals surface area contributed by atoms with Crippen molar-refractivity contribution in [2.75, 3.05) is 16.8 Å². The van der Waals surface area contributed by atoms with E-state index in [1.54, 1.807) is 4.52 Å². The van der Waals surface area contributed by atoms with E-state index in [0.29, 0.717) is 23.8 Å². The zero-order chi connectivity index (χ0) is 19.8. The number of nitrogens with one attached hydrogen (secondary N) is 1. The van der Waals surface area contributed by atoms with Gasteiger partial charge in [0.15, 0.2) is 11.5 Å². The molecule has 1 unspecified atom stereocenters. The maximum Gasteiger partial charge on any atom is 0.249 e. The van der Waals surface area contributed by atoms with Gasteiger partial charge in [-0.15, -0.1) is 15.3 Å². The fourth-order valence-corrected chi connectivity index (χ4v) is 3.72. The SMILES string of the molecule is CC(Nc1ccc2nnc(-c3ccccc3)n2n1)C(=O)N1CCc2ccccc21. The van der Waals surface area contributed by atoms with Crippen LogP contribution in [0.4, 0.5) is 11.5 Å². The van der Waals surface area contributed by atoms with Gasteiger partial charge in [-0.25, -0.2) is 0 Å². The van der Waals surface area contributed by atoms with Gasteiger partial charge in [0, 0.05) is 17.8 Å². The minimum atomic E-state index is -0.414. The highest BCUT2D eigenvalue weighted by Crippen LogP contribution is 2.28. The molecule has 1 atom stereocenters. The van der Waals surface area contributed by atoms with E-state index < -0.39 is 6.04 Å². The molecule has 4 aromatic rings. The van der Waals surface area contributed by atoms with E-state index in [2.05, 4.69) is 26.7 Å². The number of benzene rings is 2. The van der Waals surface area contributed by atoms with Crippen molar-refractivity contribution in [2.45, 2.75) is 19.4 Å². The zero-order valence-corrected chi connectivity index (χ0v) is 16.0. The summed E-state index contributed by atoms with van der Waals surface area (Å²) in [6.45, 7) is 2.57. The Kier molecular flexibility index (Phi) is 4.20. The number of aromatic nitrogens is 4. The number of rotatable bonds is 4. The van der Waals surface area contributed by atoms with Crippen LogP contribution in [-0.2, 0) is 11.2 Å². The van der Waals surface area contributed by atoms with Gasteiger partial charge >= 0.3 is 0 Å². The van der Waals surface area contributed by atoms with Gasteiger partial charge in [0.1, 0.15) is 11.9 Å². The van der Waals surface area contributed by atoms with Gasteiger partial charge < -0.3 is 10.2 Å². The summed E-state index contributed by atoms with van der Waals surface area (Å²) < 4.78 is 1.69. The van der Waals surface area contributed by atoms with E-state index in [9.17, 15) is 4.79 Å². The predicted molar refractivity (Wildman–Crippen MR) is 112 cm³/mol. The standard InChI is InChI=1S/C22H20N6O/c1-15(22(29)27-14-13-16-7-5-6-10-18(16)27)23-19-11-12-20-24-25-21(28(20)26-19)17-8-3-2-4-9-17/h2-12,15H,13-14H2,1H3,(H,23,26). The number of fused-ring (bicyclic) bond motifs is 2. The highest BCUT2D eigenvalue weighted by molar-refractivity contribution is 6.00. The van der Waals surface area contributed by atoms with E-state index in [4.69, 9.17) is 0 Å². The Balaban J connectivity index is 1.40. The molecule has 1 N–H and O–H groups in total. The maximum atomic E-state index is 13.0. The first kappa shape index (κ1) is 17.4. The van der Waals surface area contributed by atoms with Crippen molar-refractivity contribution >= 4 is 23.1 Å². The summed E-state index contributed by atoms with van der Waals surface area (Å²) in [7, 11) is 0. The summed E-state index contributed by atoms with van der Waals surface area (Å²) in [5, 5.41) is 16.3. The first-order valence-corrected chi connectivity index (χ1v) is 9.64. The Morgan fingerprint density at radius 1 is 1.00 bits per heavy atom. The van der Waals surface area contributed by atoms with Crippen LogP contribution in [0.1, 0.15) is 12.5 Å². The van der Waals surface area contributed by atoms with Crippen LogP contribution in [-0.4, -0.2) is 38.3 Å². The molecule has 29 heavy (non-hydrogen) atoms. The second-order valence-electron chi connectivity index (χ2n) is 7.11. The quantitative estimate of drug-likeness (QED) is 0.585. The van der Waals surface area contributed by atoms with Crippen molar-refractivity contribution in [3.05, 3.63) is 72.3 Å². The fraction of sp³-hybridized carbons (Fsp3) is 0.182. The minimum absolute atomic E-state index is 0.0314. The van der Waals surface area contributed by atoms with Crippen LogP contribution in [0, 0.1) is 0 Å². The van der Waals surface area contributed by atoms with Crippen LogP contribution < -0.4 is 10.2 Å². The number of carbonyl (C=O) groups is 1. The second kappa shape index (κ2) is 7.01. The summed E-state index contributed by atoms with van der Waals surface area (Å²) in [5.74, 6) is 1.29. The molecule has 0 saturated carbocycles. The van der Waals surface area contributed by atoms with Gasteiger partial charge in [0.05, 0.1) is 0 Å². The first-order chi connectivity index (χ1) is 14.2. The second-order valence-corrected chi connectivity index (χ2v) is 7.11. The lowest BCUT2D eigenvalue weighted by Crippen LogP contribution is -2.40. The van der Waals surface area contributed by atoms with Crippen molar-refractivity contribution in [3.63, 3.8) is 0 Å². The van der Waals surface area contributed by atoms with Crippen LogP contribution in [0.25, 0.3) is 17.0 Å². The monoisotopic (exact) mass is 384 g/mol. The zero-order valence-electron chi connectivity index (χ0n) is 16.0. The molecule has 2 aromatic heterocycles. The number of hydrogen-bond acceptors (Lipinski definition) is 5. The largest absolute Gasteiger partial charge is 0.357 e. The molecular formula is C22H20N6O. The third-order valence-corrected chi connectivity index (χ3v) is 5.18. The van der Waals surface area contributed by atoms with Gasteiger partial charge in [-0.05, 0) is 37.1 Å². The summed E-state index contributed by atoms with van der Waals surface area (Å²) >= 11 is 0. The Bertz CT molecular complexity index is 1190. The van der Waals surface area contributed by atoms with Crippen molar-refractivity contribution in [2.24, 2.45) is 0 Å². The van der Waals surface area contributed by atoms with Crippen LogP contribution in [0.15, 0.2) is 66.7 Å². The van der Waals surface area contributed by atoms with Crippen molar-refractivity contribution < 1.29 is 4.79 Å². The number of para-hydroxylation sites is 1. The minimum Gasteiger partial charge on any atom is -0.357 e. The summed E-state index contributed by atoms with van der Waals surface area (Å²) in [6, 6.07) is 21.1. The lowest BCUT2D eigenvalue weighted by molar-refractivity contribution is -0.118. The number of amides is 1. The molecule has 0 saturated heterocycles. The van der Waals surface area contributed by atoms with Crippen LogP contribution in [0.3, 0.4) is 0 Å². The summed E-state index contributed by atoms with van der Waals surface area (Å²) in [4.78, 5) is 14.9. The molecule has 7 heteroatoms. The molecule has 0 aliphatic carbocycles. The lowest BCUT2D eigenvalue weighted by Gasteiger charge is -2.22. The Hall–Kier alpha value is -3.74. The molecule has 3 heterocycles. The van der Waals surface area contributed by atoms with Crippen LogP contribution >= 0.6 is 0 Å². The average Bonchev–Trinajstić information content (AvgIpc) is 3.38. The Morgan fingerprint density at radius 2 is 1.79 bits per heavy atom. The summed E-state index contributed by atoms with van der Waals surface area (Å²) in [6.07, 6.45) is 0.889. The van der Waals surface area contributed by atoms with Gasteiger partial charge in [-0.1, -0.05) is 48.5 Å². The molecule has 2 aromatic carbocycles. The topological polar surface area (TPSA) is 75.4 Å². The number of hydrogen-bond donors (Lipinski definition) is 1. The number of nitrogens with zero attached hydrogens (tertiary/aromatic N) is 5. The molecule has 0 bridgehead atoms. The third-order valence-electron chi connectivity index (χ3n) is 5.18. The normalized spacial score (nSPS) is 14.0. The Morgan fingerprint density at radius 3 is 2.66 bits per heavy atom. The Labute approximate surface area is 168 Å². The van der Waals surface area contributed by atoms with Crippen LogP contribution in [0.5, 0.6) is 0 Å². The van der Waals surface area contributed by atoms with E-state index in [1.807, 2.05) is 72.5 Å². The molecule has 0 spiro atoms. The fourth-order valence-electron chi connectivity index (χ4n) is 3.72. The average molecular weight is 384 g/mol. The molecular weight excluding hydrogens is 364 g/mol. The smallest absolute Gasteiger partial charge is 0.249 e. The van der Waals surface area contributed by atoms with Crippen molar-refractivity contribution in [3.8, 4) is 11.4 Å². The maximum absolute atomic E-state index is 13.0. The summed E-state index contributed by atoms with van der Waals surface area (Å²) in [5.41, 5.74) is 3.80. The molecule has 7 nitrogen and oxygen atoms in total. The van der Waals surface area contributed by atoms with Gasteiger partial charge in [0.2, 0.25) is 5.91 Å². The number of anilines is 2. The molecule has 0 fully saturated rings. The molecule has 1 amide bonds. The van der Waals surface area contributed by atoms with Crippen molar-refractivity contribution in [1.82, 2.24) is 19.8 Å².